The Hall–Kier alpha value is -1.02. The molecule has 0 aliphatic carbocycles. The monoisotopic (exact) mass is 330 g/mol. The first-order chi connectivity index (χ1) is 11.3. The molecule has 2 unspecified atom stereocenters. The average Bonchev–Trinajstić information content (AvgIpc) is 3.13. The van der Waals surface area contributed by atoms with Gasteiger partial charge in [-0.05, 0) is 81.1 Å². The third kappa shape index (κ3) is 4.97. The van der Waals surface area contributed by atoms with Crippen molar-refractivity contribution in [2.75, 3.05) is 32.0 Å². The molecule has 2 saturated heterocycles. The smallest absolute Gasteiger partial charge is 0.144 e. The van der Waals surface area contributed by atoms with Gasteiger partial charge in [0.1, 0.15) is 6.10 Å². The second-order valence-electron chi connectivity index (χ2n) is 6.53. The molecular weight excluding hydrogens is 304 g/mol. The Morgan fingerprint density at radius 3 is 2.74 bits per heavy atom. The minimum absolute atomic E-state index is 0.228. The van der Waals surface area contributed by atoms with Gasteiger partial charge in [0.2, 0.25) is 0 Å². The van der Waals surface area contributed by atoms with Crippen LogP contribution in [0, 0.1) is 11.3 Å². The summed E-state index contributed by atoms with van der Waals surface area (Å²) in [6.07, 6.45) is 5.67. The van der Waals surface area contributed by atoms with Crippen molar-refractivity contribution in [3.8, 4) is 6.07 Å². The van der Waals surface area contributed by atoms with Crippen LogP contribution in [0.5, 0.6) is 0 Å². The molecule has 1 aromatic carbocycles. The molecule has 0 spiro atoms. The lowest BCUT2D eigenvalue weighted by Crippen LogP contribution is -2.23. The zero-order chi connectivity index (χ0) is 15.9. The van der Waals surface area contributed by atoms with Crippen LogP contribution < -0.4 is 0 Å². The Balaban J connectivity index is 1.42. The van der Waals surface area contributed by atoms with Crippen molar-refractivity contribution in [1.82, 2.24) is 4.90 Å². The molecule has 23 heavy (non-hydrogen) atoms. The van der Waals surface area contributed by atoms with Crippen molar-refractivity contribution in [1.29, 1.82) is 5.26 Å². The van der Waals surface area contributed by atoms with Crippen molar-refractivity contribution in [2.24, 2.45) is 0 Å². The van der Waals surface area contributed by atoms with Crippen molar-refractivity contribution in [3.05, 3.63) is 29.8 Å². The van der Waals surface area contributed by atoms with Gasteiger partial charge in [-0.2, -0.15) is 5.26 Å². The quantitative estimate of drug-likeness (QED) is 0.582. The highest BCUT2D eigenvalue weighted by atomic mass is 32.2. The molecule has 3 rings (SSSR count). The van der Waals surface area contributed by atoms with Gasteiger partial charge in [-0.1, -0.05) is 12.1 Å². The van der Waals surface area contributed by atoms with Crippen LogP contribution in [-0.4, -0.2) is 43.0 Å². The second kappa shape index (κ2) is 8.73. The van der Waals surface area contributed by atoms with E-state index in [1.165, 1.54) is 55.1 Å². The van der Waals surface area contributed by atoms with E-state index in [0.29, 0.717) is 12.5 Å². The number of benzene rings is 1. The predicted octanol–water partition coefficient (Wildman–Crippen LogP) is 4.05. The first kappa shape index (κ1) is 16.8. The van der Waals surface area contributed by atoms with E-state index < -0.39 is 0 Å². The van der Waals surface area contributed by atoms with Crippen LogP contribution in [0.4, 0.5) is 0 Å². The number of ether oxygens (including phenoxy) is 1. The Morgan fingerprint density at radius 2 is 2.00 bits per heavy atom. The van der Waals surface area contributed by atoms with Gasteiger partial charge in [0.05, 0.1) is 6.07 Å². The first-order valence-corrected chi connectivity index (χ1v) is 9.80. The number of thioether (sulfide) groups is 1. The summed E-state index contributed by atoms with van der Waals surface area (Å²) < 4.78 is 5.44. The van der Waals surface area contributed by atoms with Crippen molar-refractivity contribution >= 4 is 11.8 Å². The number of nitrogens with zero attached hydrogens (tertiary/aromatic N) is 2. The molecule has 2 heterocycles. The van der Waals surface area contributed by atoms with Crippen LogP contribution in [0.25, 0.3) is 0 Å². The van der Waals surface area contributed by atoms with E-state index in [1.54, 1.807) is 0 Å². The molecule has 124 valence electrons. The summed E-state index contributed by atoms with van der Waals surface area (Å²) in [5.41, 5.74) is 1.36. The molecule has 2 fully saturated rings. The van der Waals surface area contributed by atoms with Crippen molar-refractivity contribution < 1.29 is 4.74 Å². The molecule has 1 aromatic rings. The molecule has 0 radical (unpaired) electrons. The number of likely N-dealkylation sites (tertiary alicyclic amines) is 1. The first-order valence-electron chi connectivity index (χ1n) is 8.81. The minimum atomic E-state index is -0.228. The van der Waals surface area contributed by atoms with E-state index in [1.807, 2.05) is 11.8 Å². The van der Waals surface area contributed by atoms with E-state index in [2.05, 4.69) is 35.2 Å². The van der Waals surface area contributed by atoms with Gasteiger partial charge in [-0.3, -0.25) is 0 Å². The van der Waals surface area contributed by atoms with Gasteiger partial charge in [0, 0.05) is 11.5 Å². The molecule has 2 atom stereocenters. The fraction of sp³-hybridized carbons (Fsp3) is 0.632. The molecule has 0 aromatic heterocycles. The van der Waals surface area contributed by atoms with Crippen LogP contribution in [-0.2, 0) is 4.74 Å². The van der Waals surface area contributed by atoms with Gasteiger partial charge >= 0.3 is 0 Å². The summed E-state index contributed by atoms with van der Waals surface area (Å²) in [4.78, 5) is 3.94. The minimum Gasteiger partial charge on any atom is -0.363 e. The highest BCUT2D eigenvalue weighted by Crippen LogP contribution is 2.31. The molecule has 2 aliphatic rings. The lowest BCUT2D eigenvalue weighted by molar-refractivity contribution is 0.0408. The van der Waals surface area contributed by atoms with Crippen LogP contribution in [0.1, 0.15) is 43.6 Å². The summed E-state index contributed by atoms with van der Waals surface area (Å²) in [6, 6.07) is 11.2. The predicted molar refractivity (Wildman–Crippen MR) is 94.8 cm³/mol. The highest BCUT2D eigenvalue weighted by molar-refractivity contribution is 7.99. The fourth-order valence-corrected chi connectivity index (χ4v) is 4.35. The van der Waals surface area contributed by atoms with Crippen LogP contribution in [0.3, 0.4) is 0 Å². The van der Waals surface area contributed by atoms with Crippen LogP contribution in [0.2, 0.25) is 0 Å². The zero-order valence-electron chi connectivity index (χ0n) is 13.7. The fourth-order valence-electron chi connectivity index (χ4n) is 3.51. The molecule has 0 N–H and O–H groups in total. The van der Waals surface area contributed by atoms with Gasteiger partial charge in [0.15, 0.2) is 0 Å². The third-order valence-corrected chi connectivity index (χ3v) is 5.96. The number of hydrogen-bond donors (Lipinski definition) is 0. The summed E-state index contributed by atoms with van der Waals surface area (Å²) >= 11 is 1.96. The van der Waals surface area contributed by atoms with Gasteiger partial charge in [0.25, 0.3) is 0 Å². The summed E-state index contributed by atoms with van der Waals surface area (Å²) in [7, 11) is 0. The third-order valence-electron chi connectivity index (χ3n) is 4.87. The molecular formula is C19H26N2OS. The van der Waals surface area contributed by atoms with Crippen molar-refractivity contribution in [2.45, 2.75) is 49.0 Å². The van der Waals surface area contributed by atoms with E-state index >= 15 is 0 Å². The Morgan fingerprint density at radius 1 is 1.22 bits per heavy atom. The number of rotatable bonds is 6. The van der Waals surface area contributed by atoms with E-state index in [-0.39, 0.29) is 6.10 Å². The Labute approximate surface area is 144 Å². The largest absolute Gasteiger partial charge is 0.363 e. The average molecular weight is 330 g/mol. The Bertz CT molecular complexity index is 519. The SMILES string of the molecule is N#CC1CC(c2ccc(SCCCN3CCCC3)cc2)CCO1. The van der Waals surface area contributed by atoms with Crippen LogP contribution in [0.15, 0.2) is 29.2 Å². The zero-order valence-corrected chi connectivity index (χ0v) is 14.6. The number of hydrogen-bond acceptors (Lipinski definition) is 4. The van der Waals surface area contributed by atoms with E-state index in [0.717, 1.165) is 12.8 Å². The van der Waals surface area contributed by atoms with E-state index in [4.69, 9.17) is 10.00 Å². The Kier molecular flexibility index (Phi) is 6.38. The topological polar surface area (TPSA) is 36.3 Å². The number of nitriles is 1. The summed E-state index contributed by atoms with van der Waals surface area (Å²) in [6.45, 7) is 4.56. The molecule has 0 saturated carbocycles. The van der Waals surface area contributed by atoms with Gasteiger partial charge in [-0.15, -0.1) is 11.8 Å². The normalized spacial score (nSPS) is 25.3. The lowest BCUT2D eigenvalue weighted by Gasteiger charge is -2.26. The standard InChI is InChI=1S/C19H26N2OS/c20-15-18-14-17(8-12-22-18)16-4-6-19(7-5-16)23-13-3-11-21-9-1-2-10-21/h4-7,17-18H,1-3,8-14H2. The molecule has 2 aliphatic heterocycles. The summed E-state index contributed by atoms with van der Waals surface area (Å²) in [5, 5.41) is 9.02. The highest BCUT2D eigenvalue weighted by Gasteiger charge is 2.23. The maximum Gasteiger partial charge on any atom is 0.144 e. The second-order valence-corrected chi connectivity index (χ2v) is 7.70. The molecule has 3 nitrogen and oxygen atoms in total. The molecule has 4 heteroatoms. The maximum atomic E-state index is 9.02. The maximum absolute atomic E-state index is 9.02. The van der Waals surface area contributed by atoms with Gasteiger partial charge < -0.3 is 9.64 Å². The van der Waals surface area contributed by atoms with Crippen molar-refractivity contribution in [3.63, 3.8) is 0 Å². The molecule has 0 amide bonds. The molecule has 0 bridgehead atoms. The summed E-state index contributed by atoms with van der Waals surface area (Å²) in [5.74, 6) is 1.67. The van der Waals surface area contributed by atoms with Crippen LogP contribution >= 0.6 is 11.8 Å². The van der Waals surface area contributed by atoms with Gasteiger partial charge in [-0.25, -0.2) is 0 Å². The van der Waals surface area contributed by atoms with E-state index in [9.17, 15) is 0 Å². The lowest BCUT2D eigenvalue weighted by atomic mass is 9.89.